The van der Waals surface area contributed by atoms with Crippen molar-refractivity contribution in [1.82, 2.24) is 19.7 Å². The number of aromatic nitrogens is 4. The van der Waals surface area contributed by atoms with Gasteiger partial charge in [0.25, 0.3) is 11.5 Å². The van der Waals surface area contributed by atoms with Crippen LogP contribution in [0.1, 0.15) is 35.8 Å². The van der Waals surface area contributed by atoms with Gasteiger partial charge in [0.1, 0.15) is 0 Å². The molecule has 0 radical (unpaired) electrons. The quantitative estimate of drug-likeness (QED) is 0.849. The number of rotatable bonds is 2. The van der Waals surface area contributed by atoms with Crippen LogP contribution in [0.3, 0.4) is 0 Å². The lowest BCUT2D eigenvalue weighted by Crippen LogP contribution is -2.17. The minimum Gasteiger partial charge on any atom is -0.292 e. The van der Waals surface area contributed by atoms with Crippen LogP contribution in [0.15, 0.2) is 16.9 Å². The molecule has 0 aromatic carbocycles. The minimum absolute atomic E-state index is 0.0862. The van der Waals surface area contributed by atoms with Crippen LogP contribution < -0.4 is 5.56 Å². The molecule has 0 aliphatic heterocycles. The minimum atomic E-state index is -0.0862. The molecule has 0 unspecified atom stereocenters. The topological polar surface area (TPSA) is 63.6 Å². The first-order valence-corrected chi connectivity index (χ1v) is 5.78. The molecule has 1 saturated carbocycles. The van der Waals surface area contributed by atoms with Gasteiger partial charge in [-0.2, -0.15) is 4.68 Å². The predicted molar refractivity (Wildman–Crippen MR) is 63.4 cm³/mol. The zero-order valence-electron chi connectivity index (χ0n) is 9.90. The molecule has 0 saturated heterocycles. The van der Waals surface area contributed by atoms with Crippen LogP contribution in [0.25, 0.3) is 5.95 Å². The van der Waals surface area contributed by atoms with Crippen LogP contribution in [0.4, 0.5) is 0 Å². The highest BCUT2D eigenvalue weighted by atomic mass is 16.1. The summed E-state index contributed by atoms with van der Waals surface area (Å²) in [7, 11) is 0. The Morgan fingerprint density at radius 2 is 1.88 bits per heavy atom. The van der Waals surface area contributed by atoms with Gasteiger partial charge in [-0.1, -0.05) is 0 Å². The van der Waals surface area contributed by atoms with Crippen LogP contribution in [0, 0.1) is 13.8 Å². The van der Waals surface area contributed by atoms with E-state index in [-0.39, 0.29) is 5.56 Å². The molecule has 1 fully saturated rings. The number of hydrogen-bond donors (Lipinski definition) is 1. The second kappa shape index (κ2) is 3.55. The Balaban J connectivity index is 2.10. The molecule has 5 nitrogen and oxygen atoms in total. The lowest BCUT2D eigenvalue weighted by Gasteiger charge is -2.02. The van der Waals surface area contributed by atoms with Crippen molar-refractivity contribution >= 4 is 0 Å². The molecule has 1 aliphatic rings. The summed E-state index contributed by atoms with van der Waals surface area (Å²) in [4.78, 5) is 20.4. The Morgan fingerprint density at radius 3 is 2.47 bits per heavy atom. The Hall–Kier alpha value is -1.91. The number of H-pyrrole nitrogens is 1. The number of hydrogen-bond acceptors (Lipinski definition) is 3. The molecule has 1 aliphatic carbocycles. The summed E-state index contributed by atoms with van der Waals surface area (Å²) in [6.07, 6.45) is 2.32. The van der Waals surface area contributed by atoms with E-state index in [4.69, 9.17) is 0 Å². The molecule has 0 bridgehead atoms. The summed E-state index contributed by atoms with van der Waals surface area (Å²) < 4.78 is 1.42. The van der Waals surface area contributed by atoms with Crippen LogP contribution in [-0.4, -0.2) is 19.7 Å². The second-order valence-corrected chi connectivity index (χ2v) is 4.61. The van der Waals surface area contributed by atoms with E-state index in [1.807, 2.05) is 19.9 Å². The lowest BCUT2D eigenvalue weighted by atomic mass is 10.3. The third-order valence-electron chi connectivity index (χ3n) is 2.93. The highest BCUT2D eigenvalue weighted by Gasteiger charge is 2.26. The zero-order chi connectivity index (χ0) is 12.0. The summed E-state index contributed by atoms with van der Waals surface area (Å²) in [5.74, 6) is 0.953. The summed E-state index contributed by atoms with van der Waals surface area (Å²) in [5.41, 5.74) is 2.64. The highest BCUT2D eigenvalue weighted by molar-refractivity contribution is 5.21. The predicted octanol–water partition coefficient (Wildman–Crippen LogP) is 1.45. The third kappa shape index (κ3) is 1.88. The smallest absolute Gasteiger partial charge is 0.274 e. The third-order valence-corrected chi connectivity index (χ3v) is 2.93. The van der Waals surface area contributed by atoms with Crippen LogP contribution in [0.2, 0.25) is 0 Å². The van der Waals surface area contributed by atoms with Crippen LogP contribution >= 0.6 is 0 Å². The van der Waals surface area contributed by atoms with Crippen molar-refractivity contribution < 1.29 is 0 Å². The maximum absolute atomic E-state index is 11.8. The van der Waals surface area contributed by atoms with E-state index >= 15 is 0 Å². The van der Waals surface area contributed by atoms with Crippen molar-refractivity contribution in [3.8, 4) is 5.95 Å². The maximum Gasteiger partial charge on any atom is 0.274 e. The molecule has 2 aromatic heterocycles. The van der Waals surface area contributed by atoms with Gasteiger partial charge in [0.15, 0.2) is 0 Å². The molecule has 0 atom stereocenters. The largest absolute Gasteiger partial charge is 0.292 e. The van der Waals surface area contributed by atoms with E-state index in [2.05, 4.69) is 15.1 Å². The molecular formula is C12H14N4O. The SMILES string of the molecule is Cc1cc(C)nc(-n2[nH]c(C3CC3)cc2=O)n1. The fourth-order valence-electron chi connectivity index (χ4n) is 1.97. The van der Waals surface area contributed by atoms with E-state index < -0.39 is 0 Å². The lowest BCUT2D eigenvalue weighted by molar-refractivity contribution is 0.753. The Kier molecular flexibility index (Phi) is 2.14. The Morgan fingerprint density at radius 1 is 1.24 bits per heavy atom. The number of aromatic amines is 1. The molecular weight excluding hydrogens is 216 g/mol. The molecule has 88 valence electrons. The van der Waals surface area contributed by atoms with Gasteiger partial charge in [-0.15, -0.1) is 0 Å². The van der Waals surface area contributed by atoms with Gasteiger partial charge in [0, 0.05) is 29.1 Å². The van der Waals surface area contributed by atoms with Gasteiger partial charge in [-0.05, 0) is 32.8 Å². The maximum atomic E-state index is 11.8. The molecule has 2 heterocycles. The highest BCUT2D eigenvalue weighted by Crippen LogP contribution is 2.38. The summed E-state index contributed by atoms with van der Waals surface area (Å²) in [6.45, 7) is 3.79. The molecule has 5 heteroatoms. The van der Waals surface area contributed by atoms with Crippen LogP contribution in [-0.2, 0) is 0 Å². The van der Waals surface area contributed by atoms with Crippen LogP contribution in [0.5, 0.6) is 0 Å². The first kappa shape index (κ1) is 10.3. The van der Waals surface area contributed by atoms with E-state index in [1.165, 1.54) is 4.68 Å². The molecule has 17 heavy (non-hydrogen) atoms. The molecule has 1 N–H and O–H groups in total. The van der Waals surface area contributed by atoms with Crippen molar-refractivity contribution in [3.63, 3.8) is 0 Å². The molecule has 0 amide bonds. The Labute approximate surface area is 98.5 Å². The average molecular weight is 230 g/mol. The van der Waals surface area contributed by atoms with Crippen molar-refractivity contribution in [3.05, 3.63) is 39.6 Å². The number of aryl methyl sites for hydroxylation is 2. The fraction of sp³-hybridized carbons (Fsp3) is 0.417. The normalized spacial score (nSPS) is 15.2. The van der Waals surface area contributed by atoms with Crippen molar-refractivity contribution in [2.45, 2.75) is 32.6 Å². The molecule has 0 spiro atoms. The standard InChI is InChI=1S/C12H14N4O/c1-7-5-8(2)14-12(13-7)16-11(17)6-10(15-16)9-3-4-9/h5-6,9,15H,3-4H2,1-2H3. The zero-order valence-corrected chi connectivity index (χ0v) is 9.90. The van der Waals surface area contributed by atoms with Gasteiger partial charge in [-0.25, -0.2) is 9.97 Å². The van der Waals surface area contributed by atoms with Crippen molar-refractivity contribution in [2.24, 2.45) is 0 Å². The van der Waals surface area contributed by atoms with E-state index in [0.717, 1.165) is 29.9 Å². The van der Waals surface area contributed by atoms with Gasteiger partial charge >= 0.3 is 0 Å². The van der Waals surface area contributed by atoms with Gasteiger partial charge in [-0.3, -0.25) is 9.89 Å². The van der Waals surface area contributed by atoms with Gasteiger partial charge in [0.05, 0.1) is 0 Å². The van der Waals surface area contributed by atoms with E-state index in [9.17, 15) is 4.79 Å². The summed E-state index contributed by atoms with van der Waals surface area (Å²) in [6, 6.07) is 3.54. The average Bonchev–Trinajstić information content (AvgIpc) is 3.01. The van der Waals surface area contributed by atoms with Gasteiger partial charge in [0.2, 0.25) is 0 Å². The number of nitrogens with one attached hydrogen (secondary N) is 1. The molecule has 3 rings (SSSR count). The van der Waals surface area contributed by atoms with E-state index in [0.29, 0.717) is 11.9 Å². The molecule has 2 aromatic rings. The second-order valence-electron chi connectivity index (χ2n) is 4.61. The Bertz CT molecular complexity index is 601. The number of nitrogens with zero attached hydrogens (tertiary/aromatic N) is 3. The van der Waals surface area contributed by atoms with Crippen molar-refractivity contribution in [2.75, 3.05) is 0 Å². The monoisotopic (exact) mass is 230 g/mol. The fourth-order valence-corrected chi connectivity index (χ4v) is 1.97. The van der Waals surface area contributed by atoms with Gasteiger partial charge < -0.3 is 0 Å². The first-order chi connectivity index (χ1) is 8.13. The van der Waals surface area contributed by atoms with E-state index in [1.54, 1.807) is 6.07 Å². The summed E-state index contributed by atoms with van der Waals surface area (Å²) >= 11 is 0. The first-order valence-electron chi connectivity index (χ1n) is 5.78. The summed E-state index contributed by atoms with van der Waals surface area (Å²) in [5, 5.41) is 3.09. The van der Waals surface area contributed by atoms with Crippen molar-refractivity contribution in [1.29, 1.82) is 0 Å².